The lowest BCUT2D eigenvalue weighted by Gasteiger charge is -2.16. The van der Waals surface area contributed by atoms with Gasteiger partial charge in [0.2, 0.25) is 0 Å². The van der Waals surface area contributed by atoms with E-state index in [1.54, 1.807) is 25.1 Å². The highest BCUT2D eigenvalue weighted by Crippen LogP contribution is 2.24. The molecule has 6 heteroatoms. The van der Waals surface area contributed by atoms with Gasteiger partial charge >= 0.3 is 0 Å². The highest BCUT2D eigenvalue weighted by atomic mass is 127. The summed E-state index contributed by atoms with van der Waals surface area (Å²) in [6, 6.07) is 12.4. The highest BCUT2D eigenvalue weighted by Gasteiger charge is 2.17. The van der Waals surface area contributed by atoms with Crippen LogP contribution in [0.2, 0.25) is 5.02 Å². The lowest BCUT2D eigenvalue weighted by atomic mass is 10.2. The Morgan fingerprint density at radius 1 is 1.33 bits per heavy atom. The van der Waals surface area contributed by atoms with Crippen molar-refractivity contribution in [3.05, 3.63) is 51.1 Å². The number of amides is 1. The van der Waals surface area contributed by atoms with Gasteiger partial charge in [-0.1, -0.05) is 23.7 Å². The summed E-state index contributed by atoms with van der Waals surface area (Å²) in [7, 11) is 0. The normalized spacial score (nSPS) is 11.8. The van der Waals surface area contributed by atoms with Crippen LogP contribution in [-0.4, -0.2) is 12.0 Å². The second-order valence-corrected chi connectivity index (χ2v) is 6.01. The zero-order valence-electron chi connectivity index (χ0n) is 11.3. The first-order valence-electron chi connectivity index (χ1n) is 6.24. The molecule has 0 saturated carbocycles. The van der Waals surface area contributed by atoms with Gasteiger partial charge < -0.3 is 15.8 Å². The third-order valence-corrected chi connectivity index (χ3v) is 3.91. The van der Waals surface area contributed by atoms with E-state index in [4.69, 9.17) is 22.1 Å². The second-order valence-electron chi connectivity index (χ2n) is 4.41. The maximum atomic E-state index is 12.2. The molecule has 0 heterocycles. The molecule has 0 saturated heterocycles. The van der Waals surface area contributed by atoms with Crippen LogP contribution in [0.3, 0.4) is 0 Å². The Morgan fingerprint density at radius 2 is 2.05 bits per heavy atom. The predicted molar refractivity (Wildman–Crippen MR) is 93.7 cm³/mol. The van der Waals surface area contributed by atoms with Crippen LogP contribution >= 0.6 is 34.2 Å². The Bertz CT molecular complexity index is 664. The van der Waals surface area contributed by atoms with Crippen LogP contribution in [0.25, 0.3) is 0 Å². The Balaban J connectivity index is 2.06. The molecule has 0 aromatic heterocycles. The molecule has 0 aliphatic heterocycles. The average Bonchev–Trinajstić information content (AvgIpc) is 2.45. The number of nitrogen functional groups attached to an aromatic ring is 1. The van der Waals surface area contributed by atoms with E-state index >= 15 is 0 Å². The van der Waals surface area contributed by atoms with Crippen molar-refractivity contribution in [2.75, 3.05) is 11.1 Å². The van der Waals surface area contributed by atoms with E-state index in [0.717, 1.165) is 3.57 Å². The van der Waals surface area contributed by atoms with Crippen LogP contribution in [-0.2, 0) is 4.79 Å². The smallest absolute Gasteiger partial charge is 0.265 e. The Labute approximate surface area is 141 Å². The average molecular weight is 417 g/mol. The van der Waals surface area contributed by atoms with Gasteiger partial charge in [-0.25, -0.2) is 0 Å². The van der Waals surface area contributed by atoms with E-state index in [2.05, 4.69) is 27.9 Å². The van der Waals surface area contributed by atoms with E-state index in [9.17, 15) is 4.79 Å². The number of anilines is 2. The zero-order valence-corrected chi connectivity index (χ0v) is 14.2. The predicted octanol–water partition coefficient (Wildman–Crippen LogP) is 3.93. The van der Waals surface area contributed by atoms with Crippen molar-refractivity contribution < 1.29 is 9.53 Å². The molecule has 2 rings (SSSR count). The van der Waals surface area contributed by atoms with Crippen LogP contribution < -0.4 is 15.8 Å². The Hall–Kier alpha value is -1.47. The summed E-state index contributed by atoms with van der Waals surface area (Å²) >= 11 is 8.05. The standard InChI is InChI=1S/C15H14ClIN2O2/c1-9(21-14-5-3-2-4-11(14)17)15(20)19-13-8-10(16)6-7-12(13)18/h2-9H,18H2,1H3,(H,19,20). The molecule has 3 N–H and O–H groups in total. The number of hydrogen-bond acceptors (Lipinski definition) is 3. The molecule has 0 bridgehead atoms. The summed E-state index contributed by atoms with van der Waals surface area (Å²) < 4.78 is 6.60. The molecule has 1 atom stereocenters. The van der Waals surface area contributed by atoms with Crippen LogP contribution in [0.15, 0.2) is 42.5 Å². The third-order valence-electron chi connectivity index (χ3n) is 2.78. The first kappa shape index (κ1) is 15.9. The summed E-state index contributed by atoms with van der Waals surface area (Å²) in [5.74, 6) is 0.378. The van der Waals surface area contributed by atoms with E-state index in [-0.39, 0.29) is 5.91 Å². The molecule has 1 amide bonds. The van der Waals surface area contributed by atoms with Gasteiger partial charge in [-0.05, 0) is 59.8 Å². The van der Waals surface area contributed by atoms with Crippen molar-refractivity contribution in [2.24, 2.45) is 0 Å². The van der Waals surface area contributed by atoms with Crippen LogP contribution in [0.5, 0.6) is 5.75 Å². The number of carbonyl (C=O) groups is 1. The van der Waals surface area contributed by atoms with Gasteiger partial charge in [0.15, 0.2) is 6.10 Å². The lowest BCUT2D eigenvalue weighted by molar-refractivity contribution is -0.122. The molecule has 4 nitrogen and oxygen atoms in total. The SMILES string of the molecule is CC(Oc1ccccc1I)C(=O)Nc1cc(Cl)ccc1N. The van der Waals surface area contributed by atoms with E-state index in [0.29, 0.717) is 22.1 Å². The fourth-order valence-electron chi connectivity index (χ4n) is 1.66. The molecule has 2 aromatic carbocycles. The Morgan fingerprint density at radius 3 is 2.76 bits per heavy atom. The Kier molecular flexibility index (Phi) is 5.30. The number of rotatable bonds is 4. The van der Waals surface area contributed by atoms with Gasteiger partial charge in [-0.3, -0.25) is 4.79 Å². The minimum absolute atomic E-state index is 0.288. The lowest BCUT2D eigenvalue weighted by Crippen LogP contribution is -2.30. The summed E-state index contributed by atoms with van der Waals surface area (Å²) in [6.07, 6.45) is -0.653. The number of nitrogens with two attached hydrogens (primary N) is 1. The van der Waals surface area contributed by atoms with Gasteiger partial charge in [0.05, 0.1) is 14.9 Å². The maximum Gasteiger partial charge on any atom is 0.265 e. The molecule has 0 fully saturated rings. The fourth-order valence-corrected chi connectivity index (χ4v) is 2.34. The quantitative estimate of drug-likeness (QED) is 0.586. The van der Waals surface area contributed by atoms with Gasteiger partial charge in [-0.15, -0.1) is 0 Å². The summed E-state index contributed by atoms with van der Waals surface area (Å²) in [6.45, 7) is 1.68. The maximum absolute atomic E-state index is 12.2. The minimum atomic E-state index is -0.653. The number of carbonyl (C=O) groups excluding carboxylic acids is 1. The number of nitrogens with one attached hydrogen (secondary N) is 1. The molecule has 0 aliphatic rings. The largest absolute Gasteiger partial charge is 0.480 e. The topological polar surface area (TPSA) is 64.3 Å². The summed E-state index contributed by atoms with van der Waals surface area (Å²) in [5.41, 5.74) is 6.73. The summed E-state index contributed by atoms with van der Waals surface area (Å²) in [4.78, 5) is 12.2. The van der Waals surface area contributed by atoms with Crippen molar-refractivity contribution in [1.29, 1.82) is 0 Å². The molecular formula is C15H14ClIN2O2. The van der Waals surface area contributed by atoms with Crippen molar-refractivity contribution in [3.63, 3.8) is 0 Å². The van der Waals surface area contributed by atoms with E-state index in [1.807, 2.05) is 24.3 Å². The zero-order chi connectivity index (χ0) is 15.4. The number of para-hydroxylation sites is 1. The second kappa shape index (κ2) is 7.00. The van der Waals surface area contributed by atoms with E-state index < -0.39 is 6.10 Å². The van der Waals surface area contributed by atoms with Crippen LogP contribution in [0, 0.1) is 3.57 Å². The molecule has 0 radical (unpaired) electrons. The van der Waals surface area contributed by atoms with E-state index in [1.165, 1.54) is 0 Å². The number of ether oxygens (including phenoxy) is 1. The molecule has 0 aliphatic carbocycles. The first-order chi connectivity index (χ1) is 9.97. The molecule has 2 aromatic rings. The van der Waals surface area contributed by atoms with Gasteiger partial charge in [-0.2, -0.15) is 0 Å². The fraction of sp³-hybridized carbons (Fsp3) is 0.133. The number of halogens is 2. The van der Waals surface area contributed by atoms with Crippen molar-refractivity contribution in [1.82, 2.24) is 0 Å². The molecule has 110 valence electrons. The molecular weight excluding hydrogens is 403 g/mol. The summed E-state index contributed by atoms with van der Waals surface area (Å²) in [5, 5.41) is 3.22. The van der Waals surface area contributed by atoms with Crippen LogP contribution in [0.4, 0.5) is 11.4 Å². The first-order valence-corrected chi connectivity index (χ1v) is 7.70. The number of benzene rings is 2. The minimum Gasteiger partial charge on any atom is -0.480 e. The van der Waals surface area contributed by atoms with Crippen LogP contribution in [0.1, 0.15) is 6.92 Å². The third kappa shape index (κ3) is 4.25. The molecule has 0 spiro atoms. The monoisotopic (exact) mass is 416 g/mol. The van der Waals surface area contributed by atoms with Gasteiger partial charge in [0.25, 0.3) is 5.91 Å². The highest BCUT2D eigenvalue weighted by molar-refractivity contribution is 14.1. The van der Waals surface area contributed by atoms with Crippen molar-refractivity contribution >= 4 is 51.5 Å². The van der Waals surface area contributed by atoms with Crippen molar-refractivity contribution in [3.8, 4) is 5.75 Å². The van der Waals surface area contributed by atoms with Crippen molar-refractivity contribution in [2.45, 2.75) is 13.0 Å². The number of hydrogen-bond donors (Lipinski definition) is 2. The van der Waals surface area contributed by atoms with Gasteiger partial charge in [0, 0.05) is 5.02 Å². The molecule has 21 heavy (non-hydrogen) atoms. The van der Waals surface area contributed by atoms with Gasteiger partial charge in [0.1, 0.15) is 5.75 Å². The molecule has 1 unspecified atom stereocenters.